The van der Waals surface area contributed by atoms with Crippen LogP contribution in [0.25, 0.3) is 0 Å². The second-order valence-electron chi connectivity index (χ2n) is 1.85. The minimum absolute atomic E-state index is 0.0955. The molecule has 1 rings (SSSR count). The van der Waals surface area contributed by atoms with E-state index in [1.807, 2.05) is 22.9 Å². The van der Waals surface area contributed by atoms with E-state index in [0.717, 1.165) is 0 Å². The van der Waals surface area contributed by atoms with E-state index in [0.29, 0.717) is 5.56 Å². The molecular weight excluding hydrogens is 263 g/mol. The fraction of sp³-hybridized carbons (Fsp3) is 0.200. The van der Waals surface area contributed by atoms with Crippen molar-refractivity contribution in [2.24, 2.45) is 0 Å². The number of carbonyl (C=O) groups is 1. The SMILES string of the molecule is O=C(O)c1nn(I)cc1CO. The van der Waals surface area contributed by atoms with Gasteiger partial charge < -0.3 is 10.2 Å². The maximum absolute atomic E-state index is 10.4. The van der Waals surface area contributed by atoms with Gasteiger partial charge in [0.2, 0.25) is 0 Å². The van der Waals surface area contributed by atoms with Gasteiger partial charge in [-0.15, -0.1) is 0 Å². The van der Waals surface area contributed by atoms with Crippen LogP contribution < -0.4 is 0 Å². The molecule has 2 N–H and O–H groups in total. The highest BCUT2D eigenvalue weighted by Crippen LogP contribution is 2.08. The minimum atomic E-state index is -1.12. The second kappa shape index (κ2) is 3.18. The molecule has 0 aliphatic heterocycles. The molecule has 6 heteroatoms. The number of carboxylic acids is 1. The largest absolute Gasteiger partial charge is 0.476 e. The first-order valence-electron chi connectivity index (χ1n) is 2.74. The molecule has 1 aromatic heterocycles. The Labute approximate surface area is 76.1 Å². The Hall–Kier alpha value is -0.630. The molecule has 0 bridgehead atoms. The first-order valence-corrected chi connectivity index (χ1v) is 3.70. The van der Waals surface area contributed by atoms with Crippen molar-refractivity contribution in [3.05, 3.63) is 17.5 Å². The Bertz CT molecular complexity index is 283. The molecular formula is C5H5IN2O3. The van der Waals surface area contributed by atoms with E-state index in [9.17, 15) is 4.79 Å². The number of carboxylic acid groups (broad SMARTS) is 1. The van der Waals surface area contributed by atoms with Crippen molar-refractivity contribution < 1.29 is 15.0 Å². The highest BCUT2D eigenvalue weighted by molar-refractivity contribution is 14.1. The molecule has 0 atom stereocenters. The Balaban J connectivity index is 3.12. The molecule has 1 aromatic rings. The molecule has 0 amide bonds. The summed E-state index contributed by atoms with van der Waals surface area (Å²) >= 11 is 1.81. The average molecular weight is 268 g/mol. The van der Waals surface area contributed by atoms with Gasteiger partial charge in [-0.05, 0) is 0 Å². The number of aromatic carboxylic acids is 1. The van der Waals surface area contributed by atoms with Crippen LogP contribution in [-0.2, 0) is 6.61 Å². The minimum Gasteiger partial charge on any atom is -0.476 e. The number of hydrogen-bond acceptors (Lipinski definition) is 3. The highest BCUT2D eigenvalue weighted by atomic mass is 127. The Morgan fingerprint density at radius 1 is 1.82 bits per heavy atom. The van der Waals surface area contributed by atoms with Gasteiger partial charge in [-0.3, -0.25) is 0 Å². The number of halogens is 1. The summed E-state index contributed by atoms with van der Waals surface area (Å²) in [4.78, 5) is 10.4. The van der Waals surface area contributed by atoms with Crippen LogP contribution in [0.2, 0.25) is 0 Å². The maximum atomic E-state index is 10.4. The van der Waals surface area contributed by atoms with Crippen LogP contribution in [-0.4, -0.2) is 24.2 Å². The monoisotopic (exact) mass is 268 g/mol. The van der Waals surface area contributed by atoms with Gasteiger partial charge in [0.05, 0.1) is 29.5 Å². The number of aliphatic hydroxyl groups excluding tert-OH is 1. The predicted octanol–water partition coefficient (Wildman–Crippen LogP) is 0.272. The molecule has 5 nitrogen and oxygen atoms in total. The van der Waals surface area contributed by atoms with Gasteiger partial charge in [-0.2, -0.15) is 5.10 Å². The molecule has 0 fully saturated rings. The Kier molecular flexibility index (Phi) is 2.45. The van der Waals surface area contributed by atoms with Crippen molar-refractivity contribution in [1.29, 1.82) is 0 Å². The van der Waals surface area contributed by atoms with Gasteiger partial charge in [-0.25, -0.2) is 7.69 Å². The lowest BCUT2D eigenvalue weighted by Gasteiger charge is -1.88. The zero-order valence-corrected chi connectivity index (χ0v) is 7.52. The highest BCUT2D eigenvalue weighted by Gasteiger charge is 2.13. The second-order valence-corrected chi connectivity index (χ2v) is 2.84. The van der Waals surface area contributed by atoms with Crippen LogP contribution in [0, 0.1) is 0 Å². The normalized spacial score (nSPS) is 10.0. The lowest BCUT2D eigenvalue weighted by atomic mass is 10.3. The van der Waals surface area contributed by atoms with Crippen molar-refractivity contribution in [2.75, 3.05) is 0 Å². The maximum Gasteiger partial charge on any atom is 0.356 e. The Morgan fingerprint density at radius 2 is 2.45 bits per heavy atom. The summed E-state index contributed by atoms with van der Waals surface area (Å²) in [5.41, 5.74) is 0.230. The van der Waals surface area contributed by atoms with Crippen LogP contribution in [0.1, 0.15) is 16.1 Å². The zero-order chi connectivity index (χ0) is 8.43. The van der Waals surface area contributed by atoms with Crippen molar-refractivity contribution in [2.45, 2.75) is 6.61 Å². The lowest BCUT2D eigenvalue weighted by Crippen LogP contribution is -2.01. The first kappa shape index (κ1) is 8.47. The summed E-state index contributed by atoms with van der Waals surface area (Å²) in [6.07, 6.45) is 1.46. The van der Waals surface area contributed by atoms with E-state index in [2.05, 4.69) is 5.10 Å². The predicted molar refractivity (Wildman–Crippen MR) is 44.5 cm³/mol. The molecule has 0 aliphatic rings. The van der Waals surface area contributed by atoms with Crippen molar-refractivity contribution in [3.8, 4) is 0 Å². The number of rotatable bonds is 2. The molecule has 0 saturated carbocycles. The topological polar surface area (TPSA) is 75.3 Å². The third kappa shape index (κ3) is 1.69. The summed E-state index contributed by atoms with van der Waals surface area (Å²) in [6.45, 7) is -0.301. The molecule has 11 heavy (non-hydrogen) atoms. The van der Waals surface area contributed by atoms with Crippen LogP contribution in [0.15, 0.2) is 6.20 Å². The van der Waals surface area contributed by atoms with Gasteiger partial charge in [0, 0.05) is 11.8 Å². The van der Waals surface area contributed by atoms with Gasteiger partial charge in [0.25, 0.3) is 0 Å². The summed E-state index contributed by atoms with van der Waals surface area (Å²) in [5, 5.41) is 20.8. The number of aliphatic hydroxyl groups is 1. The fourth-order valence-electron chi connectivity index (χ4n) is 0.674. The van der Waals surface area contributed by atoms with E-state index in [1.54, 1.807) is 0 Å². The van der Waals surface area contributed by atoms with Crippen LogP contribution in [0.5, 0.6) is 0 Å². The summed E-state index contributed by atoms with van der Waals surface area (Å²) in [5.74, 6) is -1.12. The van der Waals surface area contributed by atoms with E-state index >= 15 is 0 Å². The molecule has 0 aromatic carbocycles. The summed E-state index contributed by atoms with van der Waals surface area (Å²) in [6, 6.07) is 0. The molecule has 0 aliphatic carbocycles. The van der Waals surface area contributed by atoms with Crippen molar-refractivity contribution in [3.63, 3.8) is 0 Å². The molecule has 0 radical (unpaired) electrons. The van der Waals surface area contributed by atoms with Gasteiger partial charge in [0.1, 0.15) is 0 Å². The Morgan fingerprint density at radius 3 is 2.82 bits per heavy atom. The van der Waals surface area contributed by atoms with Crippen LogP contribution in [0.4, 0.5) is 0 Å². The van der Waals surface area contributed by atoms with E-state index in [-0.39, 0.29) is 12.3 Å². The van der Waals surface area contributed by atoms with Gasteiger partial charge in [-0.1, -0.05) is 0 Å². The van der Waals surface area contributed by atoms with E-state index in [1.165, 1.54) is 9.09 Å². The molecule has 60 valence electrons. The summed E-state index contributed by atoms with van der Waals surface area (Å²) in [7, 11) is 0. The molecule has 0 unspecified atom stereocenters. The first-order chi connectivity index (χ1) is 5.15. The summed E-state index contributed by atoms with van der Waals surface area (Å²) < 4.78 is 1.33. The quantitative estimate of drug-likeness (QED) is 0.755. The number of aromatic nitrogens is 2. The van der Waals surface area contributed by atoms with E-state index in [4.69, 9.17) is 10.2 Å². The van der Waals surface area contributed by atoms with Crippen LogP contribution >= 0.6 is 22.9 Å². The zero-order valence-electron chi connectivity index (χ0n) is 5.36. The standard InChI is InChI=1S/C5H5IN2O3/c6-8-1-3(2-9)4(7-8)5(10)11/h1,9H,2H2,(H,10,11). The molecule has 0 saturated heterocycles. The number of hydrogen-bond donors (Lipinski definition) is 2. The third-order valence-electron chi connectivity index (χ3n) is 1.13. The fourth-order valence-corrected chi connectivity index (χ4v) is 1.23. The average Bonchev–Trinajstić information content (AvgIpc) is 2.30. The van der Waals surface area contributed by atoms with Crippen molar-refractivity contribution in [1.82, 2.24) is 7.99 Å². The van der Waals surface area contributed by atoms with Crippen molar-refractivity contribution >= 4 is 28.8 Å². The van der Waals surface area contributed by atoms with E-state index < -0.39 is 5.97 Å². The smallest absolute Gasteiger partial charge is 0.356 e. The van der Waals surface area contributed by atoms with Gasteiger partial charge >= 0.3 is 5.97 Å². The third-order valence-corrected chi connectivity index (χ3v) is 1.63. The lowest BCUT2D eigenvalue weighted by molar-refractivity contribution is 0.0687. The van der Waals surface area contributed by atoms with Crippen LogP contribution in [0.3, 0.4) is 0 Å². The molecule has 0 spiro atoms. The number of nitrogens with zero attached hydrogens (tertiary/aromatic N) is 2. The van der Waals surface area contributed by atoms with Gasteiger partial charge in [0.15, 0.2) is 5.69 Å². The molecule has 1 heterocycles.